The van der Waals surface area contributed by atoms with Crippen LogP contribution in [0, 0.1) is 5.82 Å². The van der Waals surface area contributed by atoms with E-state index in [0.29, 0.717) is 24.5 Å². The smallest absolute Gasteiger partial charge is 0.253 e. The van der Waals surface area contributed by atoms with E-state index in [4.69, 9.17) is 14.6 Å². The highest BCUT2D eigenvalue weighted by Gasteiger charge is 2.35. The summed E-state index contributed by atoms with van der Waals surface area (Å²) in [5.41, 5.74) is 4.52. The molecule has 0 spiro atoms. The van der Waals surface area contributed by atoms with Gasteiger partial charge in [-0.25, -0.2) is 9.40 Å². The van der Waals surface area contributed by atoms with E-state index in [0.717, 1.165) is 42.7 Å². The maximum Gasteiger partial charge on any atom is 0.253 e. The number of ether oxygens (including phenoxy) is 2. The largest absolute Gasteiger partial charge is 0.493 e. The van der Waals surface area contributed by atoms with Crippen LogP contribution in [0.3, 0.4) is 0 Å². The van der Waals surface area contributed by atoms with Gasteiger partial charge >= 0.3 is 0 Å². The SMILES string of the molecule is COc1cccc(C2CC(c3ccc(Br)cc3)=NN2C(=O)CSc2cn(Cc3cccc(F)c3)c3ccccc23)c1OC. The second-order valence-electron chi connectivity index (χ2n) is 10.2. The van der Waals surface area contributed by atoms with Crippen LogP contribution >= 0.6 is 27.7 Å². The summed E-state index contributed by atoms with van der Waals surface area (Å²) in [6, 6.07) is 28.0. The highest BCUT2D eigenvalue weighted by molar-refractivity contribution is 9.10. The molecule has 0 N–H and O–H groups in total. The minimum atomic E-state index is -0.355. The lowest BCUT2D eigenvalue weighted by molar-refractivity contribution is -0.130. The molecular formula is C34H29BrFN3O3S. The van der Waals surface area contributed by atoms with E-state index in [1.54, 1.807) is 31.4 Å². The van der Waals surface area contributed by atoms with Crippen LogP contribution in [-0.4, -0.2) is 41.2 Å². The van der Waals surface area contributed by atoms with Crippen molar-refractivity contribution in [1.82, 2.24) is 9.58 Å². The Balaban J connectivity index is 1.30. The normalized spacial score (nSPS) is 14.7. The van der Waals surface area contributed by atoms with E-state index >= 15 is 0 Å². The molecule has 9 heteroatoms. The van der Waals surface area contributed by atoms with E-state index in [-0.39, 0.29) is 23.5 Å². The highest BCUT2D eigenvalue weighted by atomic mass is 79.9. The maximum atomic E-state index is 13.9. The summed E-state index contributed by atoms with van der Waals surface area (Å²) < 4.78 is 28.2. The number of hydrogen-bond acceptors (Lipinski definition) is 5. The van der Waals surface area contributed by atoms with Crippen LogP contribution in [-0.2, 0) is 11.3 Å². The van der Waals surface area contributed by atoms with Crippen molar-refractivity contribution in [3.8, 4) is 11.5 Å². The molecule has 1 aliphatic heterocycles. The van der Waals surface area contributed by atoms with Crippen molar-refractivity contribution < 1.29 is 18.7 Å². The number of nitrogens with zero attached hydrogens (tertiary/aromatic N) is 3. The topological polar surface area (TPSA) is 56.1 Å². The summed E-state index contributed by atoms with van der Waals surface area (Å²) in [6.07, 6.45) is 2.57. The van der Waals surface area contributed by atoms with Gasteiger partial charge in [-0.15, -0.1) is 11.8 Å². The first-order valence-corrected chi connectivity index (χ1v) is 15.5. The van der Waals surface area contributed by atoms with Gasteiger partial charge in [-0.3, -0.25) is 4.79 Å². The van der Waals surface area contributed by atoms with Gasteiger partial charge in [0.2, 0.25) is 0 Å². The summed E-state index contributed by atoms with van der Waals surface area (Å²) in [4.78, 5) is 14.9. The highest BCUT2D eigenvalue weighted by Crippen LogP contribution is 2.42. The number of carbonyl (C=O) groups is 1. The molecule has 1 amide bonds. The average Bonchev–Trinajstić information content (AvgIpc) is 3.62. The molecule has 0 saturated carbocycles. The first-order valence-electron chi connectivity index (χ1n) is 13.8. The van der Waals surface area contributed by atoms with Gasteiger partial charge in [-0.2, -0.15) is 5.10 Å². The van der Waals surface area contributed by atoms with Crippen LogP contribution in [0.5, 0.6) is 11.5 Å². The van der Waals surface area contributed by atoms with E-state index in [9.17, 15) is 9.18 Å². The molecule has 43 heavy (non-hydrogen) atoms. The quantitative estimate of drug-likeness (QED) is 0.150. The fourth-order valence-corrected chi connectivity index (χ4v) is 6.68. The Morgan fingerprint density at radius 2 is 1.79 bits per heavy atom. The lowest BCUT2D eigenvalue weighted by Crippen LogP contribution is -2.28. The molecule has 1 aliphatic rings. The van der Waals surface area contributed by atoms with Gasteiger partial charge in [0.1, 0.15) is 5.82 Å². The summed E-state index contributed by atoms with van der Waals surface area (Å²) >= 11 is 4.98. The number of carbonyl (C=O) groups excluding carboxylic acids is 1. The number of hydrogen-bond donors (Lipinski definition) is 0. The number of methoxy groups -OCH3 is 2. The Morgan fingerprint density at radius 1 is 1.00 bits per heavy atom. The number of hydrazone groups is 1. The van der Waals surface area contributed by atoms with Gasteiger partial charge in [-0.05, 0) is 47.5 Å². The lowest BCUT2D eigenvalue weighted by atomic mass is 9.97. The van der Waals surface area contributed by atoms with Crippen molar-refractivity contribution in [2.45, 2.75) is 23.9 Å². The number of benzene rings is 4. The van der Waals surface area contributed by atoms with Crippen LogP contribution in [0.4, 0.5) is 4.39 Å². The van der Waals surface area contributed by atoms with Crippen molar-refractivity contribution in [3.05, 3.63) is 124 Å². The molecule has 6 nitrogen and oxygen atoms in total. The number of thioether (sulfide) groups is 1. The molecule has 0 fully saturated rings. The average molecular weight is 659 g/mol. The van der Waals surface area contributed by atoms with Crippen molar-refractivity contribution >= 4 is 50.2 Å². The Hall–Kier alpha value is -4.08. The van der Waals surface area contributed by atoms with Crippen LogP contribution < -0.4 is 9.47 Å². The Labute approximate surface area is 262 Å². The molecule has 0 radical (unpaired) electrons. The minimum absolute atomic E-state index is 0.117. The van der Waals surface area contributed by atoms with Gasteiger partial charge in [0.25, 0.3) is 5.91 Å². The van der Waals surface area contributed by atoms with Gasteiger partial charge in [-0.1, -0.05) is 70.5 Å². The van der Waals surface area contributed by atoms with E-state index in [1.165, 1.54) is 17.8 Å². The van der Waals surface area contributed by atoms with Crippen LogP contribution in [0.2, 0.25) is 0 Å². The molecule has 1 atom stereocenters. The summed E-state index contributed by atoms with van der Waals surface area (Å²) in [7, 11) is 3.21. The van der Waals surface area contributed by atoms with Crippen LogP contribution in [0.1, 0.15) is 29.2 Å². The van der Waals surface area contributed by atoms with Crippen molar-refractivity contribution in [2.75, 3.05) is 20.0 Å². The molecule has 5 aromatic rings. The van der Waals surface area contributed by atoms with Crippen LogP contribution in [0.25, 0.3) is 10.9 Å². The van der Waals surface area contributed by atoms with Gasteiger partial charge < -0.3 is 14.0 Å². The fourth-order valence-electron chi connectivity index (χ4n) is 5.47. The standard InChI is InChI=1S/C34H29BrFN3O3S/c1-41-31-12-6-10-27(34(31)42-2)30-18-28(23-13-15-24(35)16-14-23)37-39(30)33(40)21-43-32-20-38(29-11-4-3-9-26(29)32)19-22-7-5-8-25(36)17-22/h3-17,20,30H,18-19,21H2,1-2H3. The number of amides is 1. The third kappa shape index (κ3) is 6.05. The Kier molecular flexibility index (Phi) is 8.54. The van der Waals surface area contributed by atoms with E-state index < -0.39 is 0 Å². The first-order chi connectivity index (χ1) is 20.9. The molecule has 1 unspecified atom stereocenters. The fraction of sp³-hybridized carbons (Fsp3) is 0.176. The molecule has 2 heterocycles. The van der Waals surface area contributed by atoms with E-state index in [2.05, 4.69) is 20.5 Å². The van der Waals surface area contributed by atoms with Crippen molar-refractivity contribution in [3.63, 3.8) is 0 Å². The molecule has 6 rings (SSSR count). The van der Waals surface area contributed by atoms with Gasteiger partial charge in [0.15, 0.2) is 11.5 Å². The number of aromatic nitrogens is 1. The monoisotopic (exact) mass is 657 g/mol. The Morgan fingerprint density at radius 3 is 2.56 bits per heavy atom. The zero-order chi connectivity index (χ0) is 29.9. The number of fused-ring (bicyclic) bond motifs is 1. The third-order valence-corrected chi connectivity index (χ3v) is 9.04. The Bertz CT molecular complexity index is 1820. The summed E-state index contributed by atoms with van der Waals surface area (Å²) in [5.74, 6) is 1.01. The summed E-state index contributed by atoms with van der Waals surface area (Å²) in [6.45, 7) is 0.525. The number of halogens is 2. The zero-order valence-corrected chi connectivity index (χ0v) is 26.1. The van der Waals surface area contributed by atoms with Crippen molar-refractivity contribution in [2.24, 2.45) is 5.10 Å². The van der Waals surface area contributed by atoms with Gasteiger partial charge in [0.05, 0.1) is 31.7 Å². The van der Waals surface area contributed by atoms with Crippen molar-refractivity contribution in [1.29, 1.82) is 0 Å². The predicted molar refractivity (Wildman–Crippen MR) is 173 cm³/mol. The molecule has 0 bridgehead atoms. The molecule has 4 aromatic carbocycles. The van der Waals surface area contributed by atoms with Crippen LogP contribution in [0.15, 0.2) is 112 Å². The maximum absolute atomic E-state index is 13.9. The molecule has 1 aromatic heterocycles. The predicted octanol–water partition coefficient (Wildman–Crippen LogP) is 8.08. The molecule has 218 valence electrons. The third-order valence-electron chi connectivity index (χ3n) is 7.48. The minimum Gasteiger partial charge on any atom is -0.493 e. The second-order valence-corrected chi connectivity index (χ2v) is 12.1. The summed E-state index contributed by atoms with van der Waals surface area (Å²) in [5, 5.41) is 7.49. The molecule has 0 saturated heterocycles. The van der Waals surface area contributed by atoms with E-state index in [1.807, 2.05) is 79.0 Å². The number of para-hydroxylation sites is 2. The molecular weight excluding hydrogens is 629 g/mol. The van der Waals surface area contributed by atoms with Gasteiger partial charge in [0, 0.05) is 45.0 Å². The molecule has 0 aliphatic carbocycles. The lowest BCUT2D eigenvalue weighted by Gasteiger charge is -2.24. The first kappa shape index (κ1) is 29.0. The second kappa shape index (κ2) is 12.7. The zero-order valence-electron chi connectivity index (χ0n) is 23.7. The number of rotatable bonds is 9.